The molecule has 2 atom stereocenters. The second-order valence-electron chi connectivity index (χ2n) is 6.56. The van der Waals surface area contributed by atoms with Crippen LogP contribution in [0.1, 0.15) is 36.4 Å². The summed E-state index contributed by atoms with van der Waals surface area (Å²) in [7, 11) is 1.95. The van der Waals surface area contributed by atoms with Gasteiger partial charge in [0.2, 0.25) is 0 Å². The Morgan fingerprint density at radius 3 is 2.40 bits per heavy atom. The Labute approximate surface area is 119 Å². The standard InChI is InChI=1S/C17H21N3/c1-10-3-5-11(6-4-10)15-16(19-20(2)17(15)18)14-8-12-7-13(12)9-14/h3-6,12-14H,7-9,18H2,1-2H3. The predicted octanol–water partition coefficient (Wildman–Crippen LogP) is 3.49. The third-order valence-electron chi connectivity index (χ3n) is 5.09. The minimum atomic E-state index is 0.610. The van der Waals surface area contributed by atoms with E-state index in [0.29, 0.717) is 5.92 Å². The normalized spacial score (nSPS) is 27.6. The number of nitrogens with zero attached hydrogens (tertiary/aromatic N) is 2. The van der Waals surface area contributed by atoms with E-state index in [1.54, 1.807) is 0 Å². The van der Waals surface area contributed by atoms with Crippen LogP contribution in [0.3, 0.4) is 0 Å². The van der Waals surface area contributed by atoms with Crippen LogP contribution in [-0.2, 0) is 7.05 Å². The molecule has 3 nitrogen and oxygen atoms in total. The molecule has 2 unspecified atom stereocenters. The van der Waals surface area contributed by atoms with Crippen LogP contribution in [0.15, 0.2) is 24.3 Å². The van der Waals surface area contributed by atoms with E-state index in [0.717, 1.165) is 17.7 Å². The highest BCUT2D eigenvalue weighted by Crippen LogP contribution is 2.58. The van der Waals surface area contributed by atoms with Gasteiger partial charge >= 0.3 is 0 Å². The Bertz CT molecular complexity index is 644. The lowest BCUT2D eigenvalue weighted by Crippen LogP contribution is -2.00. The van der Waals surface area contributed by atoms with Gasteiger partial charge in [-0.05, 0) is 43.6 Å². The van der Waals surface area contributed by atoms with Crippen molar-refractivity contribution in [1.29, 1.82) is 0 Å². The van der Waals surface area contributed by atoms with Gasteiger partial charge in [0.25, 0.3) is 0 Å². The number of rotatable bonds is 2. The maximum Gasteiger partial charge on any atom is 0.129 e. The van der Waals surface area contributed by atoms with Gasteiger partial charge in [-0.15, -0.1) is 0 Å². The average Bonchev–Trinajstić information content (AvgIpc) is 2.93. The molecule has 1 heterocycles. The molecule has 0 spiro atoms. The number of nitrogen functional groups attached to an aromatic ring is 1. The molecule has 20 heavy (non-hydrogen) atoms. The molecule has 4 rings (SSSR count). The molecular formula is C17H21N3. The highest BCUT2D eigenvalue weighted by Gasteiger charge is 2.47. The van der Waals surface area contributed by atoms with Crippen molar-refractivity contribution in [3.8, 4) is 11.1 Å². The summed E-state index contributed by atoms with van der Waals surface area (Å²) < 4.78 is 1.84. The van der Waals surface area contributed by atoms with E-state index in [2.05, 4.69) is 31.2 Å². The fourth-order valence-corrected chi connectivity index (χ4v) is 3.80. The molecule has 104 valence electrons. The maximum atomic E-state index is 6.29. The van der Waals surface area contributed by atoms with E-state index in [1.807, 2.05) is 11.7 Å². The zero-order valence-electron chi connectivity index (χ0n) is 12.1. The van der Waals surface area contributed by atoms with Crippen LogP contribution < -0.4 is 5.73 Å². The zero-order chi connectivity index (χ0) is 13.9. The van der Waals surface area contributed by atoms with Crippen LogP contribution in [-0.4, -0.2) is 9.78 Å². The minimum absolute atomic E-state index is 0.610. The second kappa shape index (κ2) is 4.11. The average molecular weight is 267 g/mol. The topological polar surface area (TPSA) is 43.8 Å². The summed E-state index contributed by atoms with van der Waals surface area (Å²) in [6.07, 6.45) is 4.05. The molecule has 1 aromatic heterocycles. The molecule has 2 aliphatic rings. The predicted molar refractivity (Wildman–Crippen MR) is 81.4 cm³/mol. The fourth-order valence-electron chi connectivity index (χ4n) is 3.80. The van der Waals surface area contributed by atoms with Crippen molar-refractivity contribution in [3.63, 3.8) is 0 Å². The van der Waals surface area contributed by atoms with Gasteiger partial charge in [0, 0.05) is 18.5 Å². The van der Waals surface area contributed by atoms with E-state index in [4.69, 9.17) is 10.8 Å². The number of aromatic nitrogens is 2. The lowest BCUT2D eigenvalue weighted by atomic mass is 9.93. The van der Waals surface area contributed by atoms with E-state index >= 15 is 0 Å². The Morgan fingerprint density at radius 2 is 1.75 bits per heavy atom. The van der Waals surface area contributed by atoms with Crippen LogP contribution in [0.25, 0.3) is 11.1 Å². The first kappa shape index (κ1) is 12.0. The molecule has 0 saturated heterocycles. The first-order valence-electron chi connectivity index (χ1n) is 7.53. The van der Waals surface area contributed by atoms with Crippen molar-refractivity contribution < 1.29 is 0 Å². The summed E-state index contributed by atoms with van der Waals surface area (Å²) >= 11 is 0. The van der Waals surface area contributed by atoms with E-state index in [9.17, 15) is 0 Å². The highest BCUT2D eigenvalue weighted by atomic mass is 15.3. The van der Waals surface area contributed by atoms with E-state index in [-0.39, 0.29) is 0 Å². The number of hydrogen-bond acceptors (Lipinski definition) is 2. The summed E-state index contributed by atoms with van der Waals surface area (Å²) in [5.41, 5.74) is 11.2. The van der Waals surface area contributed by atoms with Crippen LogP contribution in [0.5, 0.6) is 0 Å². The number of aryl methyl sites for hydroxylation is 2. The smallest absolute Gasteiger partial charge is 0.129 e. The molecule has 2 saturated carbocycles. The lowest BCUT2D eigenvalue weighted by molar-refractivity contribution is 0.594. The fraction of sp³-hybridized carbons (Fsp3) is 0.471. The summed E-state index contributed by atoms with van der Waals surface area (Å²) in [6, 6.07) is 8.64. The summed E-state index contributed by atoms with van der Waals surface area (Å²) in [5.74, 6) is 3.34. The van der Waals surface area contributed by atoms with E-state index < -0.39 is 0 Å². The van der Waals surface area contributed by atoms with Gasteiger partial charge in [-0.3, -0.25) is 4.68 Å². The molecule has 0 radical (unpaired) electrons. The zero-order valence-corrected chi connectivity index (χ0v) is 12.1. The number of hydrogen-bond donors (Lipinski definition) is 1. The molecule has 0 bridgehead atoms. The molecule has 0 aliphatic heterocycles. The van der Waals surface area contributed by atoms with Crippen molar-refractivity contribution in [1.82, 2.24) is 9.78 Å². The minimum Gasteiger partial charge on any atom is -0.383 e. The maximum absolute atomic E-state index is 6.29. The van der Waals surface area contributed by atoms with Gasteiger partial charge in [0.1, 0.15) is 5.82 Å². The molecular weight excluding hydrogens is 246 g/mol. The third-order valence-corrected chi connectivity index (χ3v) is 5.09. The quantitative estimate of drug-likeness (QED) is 0.905. The summed E-state index contributed by atoms with van der Waals surface area (Å²) in [4.78, 5) is 0. The molecule has 1 aromatic carbocycles. The van der Waals surface area contributed by atoms with Crippen molar-refractivity contribution in [3.05, 3.63) is 35.5 Å². The van der Waals surface area contributed by atoms with Gasteiger partial charge in [-0.25, -0.2) is 0 Å². The lowest BCUT2D eigenvalue weighted by Gasteiger charge is -2.12. The van der Waals surface area contributed by atoms with Gasteiger partial charge in [-0.2, -0.15) is 5.10 Å². The van der Waals surface area contributed by atoms with Gasteiger partial charge in [0.15, 0.2) is 0 Å². The first-order chi connectivity index (χ1) is 9.63. The molecule has 2 fully saturated rings. The highest BCUT2D eigenvalue weighted by molar-refractivity contribution is 5.77. The van der Waals surface area contributed by atoms with Crippen molar-refractivity contribution in [2.45, 2.75) is 32.1 Å². The van der Waals surface area contributed by atoms with Crippen LogP contribution in [0.2, 0.25) is 0 Å². The van der Waals surface area contributed by atoms with Crippen molar-refractivity contribution in [2.75, 3.05) is 5.73 Å². The van der Waals surface area contributed by atoms with Gasteiger partial charge < -0.3 is 5.73 Å². The van der Waals surface area contributed by atoms with Gasteiger partial charge in [-0.1, -0.05) is 29.8 Å². The van der Waals surface area contributed by atoms with E-state index in [1.165, 1.54) is 41.6 Å². The first-order valence-corrected chi connectivity index (χ1v) is 7.53. The molecule has 2 aromatic rings. The van der Waals surface area contributed by atoms with Crippen LogP contribution in [0, 0.1) is 18.8 Å². The second-order valence-corrected chi connectivity index (χ2v) is 6.56. The number of fused-ring (bicyclic) bond motifs is 1. The van der Waals surface area contributed by atoms with Crippen molar-refractivity contribution >= 4 is 5.82 Å². The Kier molecular flexibility index (Phi) is 2.47. The number of nitrogens with two attached hydrogens (primary N) is 1. The molecule has 2 aliphatic carbocycles. The Hall–Kier alpha value is -1.77. The monoisotopic (exact) mass is 267 g/mol. The van der Waals surface area contributed by atoms with Crippen LogP contribution >= 0.6 is 0 Å². The largest absolute Gasteiger partial charge is 0.383 e. The number of anilines is 1. The summed E-state index contributed by atoms with van der Waals surface area (Å²) in [5, 5.41) is 4.74. The molecule has 0 amide bonds. The van der Waals surface area contributed by atoms with Crippen molar-refractivity contribution in [2.24, 2.45) is 18.9 Å². The Balaban J connectivity index is 1.79. The van der Waals surface area contributed by atoms with Crippen LogP contribution in [0.4, 0.5) is 5.82 Å². The third kappa shape index (κ3) is 1.76. The molecule has 3 heteroatoms. The van der Waals surface area contributed by atoms with Gasteiger partial charge in [0.05, 0.1) is 5.69 Å². The molecule has 2 N–H and O–H groups in total. The SMILES string of the molecule is Cc1ccc(-c2c(C3CC4CC4C3)nn(C)c2N)cc1. The number of benzene rings is 1. The summed E-state index contributed by atoms with van der Waals surface area (Å²) in [6.45, 7) is 2.11. The Morgan fingerprint density at radius 1 is 1.10 bits per heavy atom.